The third-order valence-corrected chi connectivity index (χ3v) is 4.04. The topological polar surface area (TPSA) is 75.6 Å². The van der Waals surface area contributed by atoms with Gasteiger partial charge in [-0.1, -0.05) is 0 Å². The summed E-state index contributed by atoms with van der Waals surface area (Å²) in [4.78, 5) is 22.7. The predicted octanol–water partition coefficient (Wildman–Crippen LogP) is 1.03. The average Bonchev–Trinajstić information content (AvgIpc) is 2.89. The van der Waals surface area contributed by atoms with Crippen LogP contribution >= 0.6 is 0 Å². The van der Waals surface area contributed by atoms with Gasteiger partial charge >= 0.3 is 5.97 Å². The van der Waals surface area contributed by atoms with E-state index in [0.29, 0.717) is 38.1 Å². The largest absolute Gasteiger partial charge is 0.481 e. The van der Waals surface area contributed by atoms with Crippen molar-refractivity contribution in [2.45, 2.75) is 32.1 Å². The van der Waals surface area contributed by atoms with Crippen molar-refractivity contribution in [1.29, 1.82) is 0 Å². The van der Waals surface area contributed by atoms with Crippen molar-refractivity contribution in [3.63, 3.8) is 0 Å². The van der Waals surface area contributed by atoms with E-state index < -0.39 is 5.97 Å². The number of carbonyl (C=O) groups excluding carboxylic acids is 1. The monoisotopic (exact) mass is 255 g/mol. The van der Waals surface area contributed by atoms with Crippen LogP contribution in [0.25, 0.3) is 0 Å². The number of carboxylic acid groups (broad SMARTS) is 1. The molecular formula is C13H21NO4. The first kappa shape index (κ1) is 13.3. The van der Waals surface area contributed by atoms with Crippen LogP contribution in [0, 0.1) is 17.8 Å². The fourth-order valence-electron chi connectivity index (χ4n) is 2.74. The molecule has 5 nitrogen and oxygen atoms in total. The molecule has 1 saturated carbocycles. The highest BCUT2D eigenvalue weighted by atomic mass is 16.5. The van der Waals surface area contributed by atoms with Crippen LogP contribution in [0.5, 0.6) is 0 Å². The van der Waals surface area contributed by atoms with Crippen molar-refractivity contribution in [3.05, 3.63) is 0 Å². The maximum Gasteiger partial charge on any atom is 0.306 e. The van der Waals surface area contributed by atoms with Gasteiger partial charge in [0.25, 0.3) is 0 Å². The van der Waals surface area contributed by atoms with E-state index in [0.717, 1.165) is 19.6 Å². The summed E-state index contributed by atoms with van der Waals surface area (Å²) in [6.07, 6.45) is 3.67. The van der Waals surface area contributed by atoms with Gasteiger partial charge in [-0.3, -0.25) is 9.59 Å². The first-order valence-electron chi connectivity index (χ1n) is 6.75. The van der Waals surface area contributed by atoms with Crippen LogP contribution in [-0.4, -0.2) is 36.7 Å². The number of nitrogens with one attached hydrogen (secondary N) is 1. The first-order chi connectivity index (χ1) is 8.66. The van der Waals surface area contributed by atoms with Gasteiger partial charge in [-0.05, 0) is 32.1 Å². The van der Waals surface area contributed by atoms with Crippen LogP contribution in [0.15, 0.2) is 0 Å². The van der Waals surface area contributed by atoms with E-state index in [2.05, 4.69) is 5.32 Å². The van der Waals surface area contributed by atoms with Crippen molar-refractivity contribution < 1.29 is 19.4 Å². The van der Waals surface area contributed by atoms with Crippen molar-refractivity contribution in [2.75, 3.05) is 19.8 Å². The number of aliphatic carboxylic acids is 1. The molecule has 2 rings (SSSR count). The molecule has 1 amide bonds. The number of carboxylic acids is 1. The van der Waals surface area contributed by atoms with E-state index in [1.807, 2.05) is 0 Å². The van der Waals surface area contributed by atoms with Crippen molar-refractivity contribution in [3.8, 4) is 0 Å². The van der Waals surface area contributed by atoms with Crippen LogP contribution in [0.1, 0.15) is 32.1 Å². The molecule has 0 bridgehead atoms. The molecule has 0 aromatic heterocycles. The molecule has 1 atom stereocenters. The molecule has 102 valence electrons. The van der Waals surface area contributed by atoms with Crippen LogP contribution in [0.3, 0.4) is 0 Å². The summed E-state index contributed by atoms with van der Waals surface area (Å²) in [7, 11) is 0. The minimum absolute atomic E-state index is 0.00271. The van der Waals surface area contributed by atoms with Crippen LogP contribution in [-0.2, 0) is 14.3 Å². The number of hydrogen-bond donors (Lipinski definition) is 2. The van der Waals surface area contributed by atoms with Gasteiger partial charge in [-0.25, -0.2) is 0 Å². The summed E-state index contributed by atoms with van der Waals surface area (Å²) in [5.74, 6) is -0.438. The van der Waals surface area contributed by atoms with E-state index in [4.69, 9.17) is 9.84 Å². The van der Waals surface area contributed by atoms with Crippen LogP contribution < -0.4 is 5.32 Å². The molecule has 2 aliphatic rings. The van der Waals surface area contributed by atoms with Crippen LogP contribution in [0.4, 0.5) is 0 Å². The quantitative estimate of drug-likeness (QED) is 0.786. The molecule has 1 aliphatic carbocycles. The van der Waals surface area contributed by atoms with Crippen molar-refractivity contribution in [2.24, 2.45) is 17.8 Å². The summed E-state index contributed by atoms with van der Waals surface area (Å²) in [6, 6.07) is 0. The molecule has 2 fully saturated rings. The Morgan fingerprint density at radius 3 is 2.33 bits per heavy atom. The second-order valence-electron chi connectivity index (χ2n) is 5.36. The van der Waals surface area contributed by atoms with Gasteiger partial charge in [0.05, 0.1) is 12.5 Å². The minimum Gasteiger partial charge on any atom is -0.481 e. The maximum atomic E-state index is 11.9. The minimum atomic E-state index is -0.725. The van der Waals surface area contributed by atoms with E-state index in [1.165, 1.54) is 0 Å². The Kier molecular flexibility index (Phi) is 4.58. The zero-order valence-electron chi connectivity index (χ0n) is 10.6. The SMILES string of the molecule is O=C(O)C1CCC(C(=O)NCC2CCOC2)CC1. The lowest BCUT2D eigenvalue weighted by Gasteiger charge is -2.25. The molecule has 0 aromatic rings. The fourth-order valence-corrected chi connectivity index (χ4v) is 2.74. The molecule has 1 heterocycles. The smallest absolute Gasteiger partial charge is 0.306 e. The molecule has 5 heteroatoms. The second kappa shape index (κ2) is 6.18. The number of carbonyl (C=O) groups is 2. The Labute approximate surface area is 107 Å². The van der Waals surface area contributed by atoms with Gasteiger partial charge in [0.2, 0.25) is 5.91 Å². The highest BCUT2D eigenvalue weighted by molar-refractivity contribution is 5.79. The molecule has 18 heavy (non-hydrogen) atoms. The third-order valence-electron chi connectivity index (χ3n) is 4.04. The summed E-state index contributed by atoms with van der Waals surface area (Å²) in [6.45, 7) is 2.23. The third kappa shape index (κ3) is 3.45. The zero-order valence-corrected chi connectivity index (χ0v) is 10.6. The van der Waals surface area contributed by atoms with Gasteiger partial charge in [0, 0.05) is 25.0 Å². The second-order valence-corrected chi connectivity index (χ2v) is 5.36. The lowest BCUT2D eigenvalue weighted by Crippen LogP contribution is -2.37. The number of rotatable bonds is 4. The zero-order chi connectivity index (χ0) is 13.0. The lowest BCUT2D eigenvalue weighted by atomic mass is 9.81. The Bertz CT molecular complexity index is 304. The molecule has 0 aromatic carbocycles. The van der Waals surface area contributed by atoms with Crippen molar-refractivity contribution in [1.82, 2.24) is 5.32 Å². The maximum absolute atomic E-state index is 11.9. The summed E-state index contributed by atoms with van der Waals surface area (Å²) < 4.78 is 5.26. The molecule has 0 radical (unpaired) electrons. The van der Waals surface area contributed by atoms with E-state index in [9.17, 15) is 9.59 Å². The fraction of sp³-hybridized carbons (Fsp3) is 0.846. The molecule has 0 spiro atoms. The highest BCUT2D eigenvalue weighted by Crippen LogP contribution is 2.29. The van der Waals surface area contributed by atoms with Gasteiger partial charge in [-0.15, -0.1) is 0 Å². The van der Waals surface area contributed by atoms with Gasteiger partial charge < -0.3 is 15.2 Å². The molecule has 1 saturated heterocycles. The normalized spacial score (nSPS) is 32.1. The predicted molar refractivity (Wildman–Crippen MR) is 65.0 cm³/mol. The first-order valence-corrected chi connectivity index (χ1v) is 6.75. The Hall–Kier alpha value is -1.10. The highest BCUT2D eigenvalue weighted by Gasteiger charge is 2.30. The number of amides is 1. The number of hydrogen-bond acceptors (Lipinski definition) is 3. The Morgan fingerprint density at radius 2 is 1.78 bits per heavy atom. The summed E-state index contributed by atoms with van der Waals surface area (Å²) in [5, 5.41) is 11.9. The van der Waals surface area contributed by atoms with Gasteiger partial charge in [0.1, 0.15) is 0 Å². The summed E-state index contributed by atoms with van der Waals surface area (Å²) in [5.41, 5.74) is 0. The standard InChI is InChI=1S/C13H21NO4/c15-12(14-7-9-5-6-18-8-9)10-1-3-11(4-2-10)13(16)17/h9-11H,1-8H2,(H,14,15)(H,16,17). The van der Waals surface area contributed by atoms with Crippen molar-refractivity contribution >= 4 is 11.9 Å². The van der Waals surface area contributed by atoms with Gasteiger partial charge in [0.15, 0.2) is 0 Å². The summed E-state index contributed by atoms with van der Waals surface area (Å²) >= 11 is 0. The Morgan fingerprint density at radius 1 is 1.11 bits per heavy atom. The van der Waals surface area contributed by atoms with E-state index in [1.54, 1.807) is 0 Å². The molecule has 1 aliphatic heterocycles. The van der Waals surface area contributed by atoms with Crippen LogP contribution in [0.2, 0.25) is 0 Å². The Balaban J connectivity index is 1.68. The van der Waals surface area contributed by atoms with E-state index >= 15 is 0 Å². The number of ether oxygens (including phenoxy) is 1. The molecule has 2 N–H and O–H groups in total. The average molecular weight is 255 g/mol. The van der Waals surface area contributed by atoms with Gasteiger partial charge in [-0.2, -0.15) is 0 Å². The molecular weight excluding hydrogens is 234 g/mol. The van der Waals surface area contributed by atoms with E-state index in [-0.39, 0.29) is 17.7 Å². The lowest BCUT2D eigenvalue weighted by molar-refractivity contribution is -0.144. The molecule has 1 unspecified atom stereocenters.